The van der Waals surface area contributed by atoms with Crippen LogP contribution in [0.2, 0.25) is 0 Å². The number of hydrogen-bond acceptors (Lipinski definition) is 5. The van der Waals surface area contributed by atoms with Gasteiger partial charge in [-0.2, -0.15) is 4.98 Å². The molecule has 5 nitrogen and oxygen atoms in total. The summed E-state index contributed by atoms with van der Waals surface area (Å²) in [7, 11) is 0. The van der Waals surface area contributed by atoms with Crippen LogP contribution in [0.3, 0.4) is 0 Å². The van der Waals surface area contributed by atoms with Gasteiger partial charge in [-0.25, -0.2) is 0 Å². The third kappa shape index (κ3) is 2.06. The van der Waals surface area contributed by atoms with Gasteiger partial charge in [-0.05, 0) is 38.6 Å². The van der Waals surface area contributed by atoms with E-state index in [0.29, 0.717) is 6.04 Å². The Kier molecular flexibility index (Phi) is 3.11. The Morgan fingerprint density at radius 3 is 3.22 bits per heavy atom. The molecule has 2 aliphatic rings. The molecule has 0 radical (unpaired) electrons. The summed E-state index contributed by atoms with van der Waals surface area (Å²) in [5, 5.41) is 4.11. The third-order valence-electron chi connectivity index (χ3n) is 4.32. The minimum absolute atomic E-state index is 0.374. The zero-order valence-electron chi connectivity index (χ0n) is 11.1. The summed E-state index contributed by atoms with van der Waals surface area (Å²) < 4.78 is 5.28. The van der Waals surface area contributed by atoms with E-state index in [1.54, 1.807) is 0 Å². The lowest BCUT2D eigenvalue weighted by Gasteiger charge is -2.39. The molecule has 2 saturated heterocycles. The van der Waals surface area contributed by atoms with E-state index in [0.717, 1.165) is 43.9 Å². The van der Waals surface area contributed by atoms with Crippen molar-refractivity contribution >= 4 is 0 Å². The number of piperidine rings is 1. The van der Waals surface area contributed by atoms with Crippen molar-refractivity contribution in [2.75, 3.05) is 13.1 Å². The molecule has 0 aromatic carbocycles. The van der Waals surface area contributed by atoms with Crippen molar-refractivity contribution in [2.45, 2.75) is 57.0 Å². The van der Waals surface area contributed by atoms with Crippen LogP contribution in [-0.4, -0.2) is 34.2 Å². The fourth-order valence-corrected chi connectivity index (χ4v) is 3.26. The van der Waals surface area contributed by atoms with Crippen molar-refractivity contribution in [3.63, 3.8) is 0 Å². The van der Waals surface area contributed by atoms with E-state index in [4.69, 9.17) is 10.3 Å². The first-order chi connectivity index (χ1) is 8.71. The lowest BCUT2D eigenvalue weighted by atomic mass is 9.83. The highest BCUT2D eigenvalue weighted by molar-refractivity contribution is 5.09. The summed E-state index contributed by atoms with van der Waals surface area (Å²) in [5.41, 5.74) is 6.16. The van der Waals surface area contributed by atoms with Crippen LogP contribution in [0.1, 0.15) is 50.7 Å². The summed E-state index contributed by atoms with van der Waals surface area (Å²) in [4.78, 5) is 7.04. The van der Waals surface area contributed by atoms with E-state index in [1.165, 1.54) is 19.4 Å². The molecule has 0 amide bonds. The zero-order valence-corrected chi connectivity index (χ0v) is 11.1. The maximum atomic E-state index is 6.53. The third-order valence-corrected chi connectivity index (χ3v) is 4.32. The van der Waals surface area contributed by atoms with E-state index in [9.17, 15) is 0 Å². The number of fused-ring (bicyclic) bond motifs is 1. The van der Waals surface area contributed by atoms with Crippen LogP contribution in [0.25, 0.3) is 0 Å². The number of nitrogens with two attached hydrogens (primary N) is 1. The molecule has 1 aromatic rings. The summed E-state index contributed by atoms with van der Waals surface area (Å²) in [6.45, 7) is 4.41. The van der Waals surface area contributed by atoms with Crippen LogP contribution in [0.5, 0.6) is 0 Å². The van der Waals surface area contributed by atoms with Gasteiger partial charge in [0.05, 0.1) is 5.54 Å². The van der Waals surface area contributed by atoms with Crippen LogP contribution in [-0.2, 0) is 12.0 Å². The number of hydrogen-bond donors (Lipinski definition) is 1. The number of aromatic nitrogens is 2. The molecule has 2 fully saturated rings. The van der Waals surface area contributed by atoms with E-state index in [1.807, 2.05) is 0 Å². The second-order valence-electron chi connectivity index (χ2n) is 5.70. The van der Waals surface area contributed by atoms with Gasteiger partial charge in [0.15, 0.2) is 5.82 Å². The van der Waals surface area contributed by atoms with E-state index >= 15 is 0 Å². The molecule has 2 aliphatic heterocycles. The van der Waals surface area contributed by atoms with Crippen LogP contribution >= 0.6 is 0 Å². The minimum atomic E-state index is -0.374. The van der Waals surface area contributed by atoms with Gasteiger partial charge in [-0.15, -0.1) is 0 Å². The molecule has 2 atom stereocenters. The lowest BCUT2D eigenvalue weighted by molar-refractivity contribution is 0.124. The Balaban J connectivity index is 1.76. The van der Waals surface area contributed by atoms with Crippen molar-refractivity contribution in [3.05, 3.63) is 11.7 Å². The van der Waals surface area contributed by atoms with Gasteiger partial charge in [-0.3, -0.25) is 0 Å². The molecule has 0 aliphatic carbocycles. The largest absolute Gasteiger partial charge is 0.339 e. The molecule has 0 spiro atoms. The first-order valence-corrected chi connectivity index (χ1v) is 7.07. The topological polar surface area (TPSA) is 68.2 Å². The number of aryl methyl sites for hydroxylation is 1. The average Bonchev–Trinajstić information content (AvgIpc) is 2.97. The van der Waals surface area contributed by atoms with Crippen molar-refractivity contribution in [1.82, 2.24) is 15.0 Å². The molecular formula is C13H22N4O. The standard InChI is InChI=1S/C13H22N4O/c1-2-4-11-15-12(16-18-11)13(14)6-8-17-7-3-5-10(17)9-13/h10H,2-9,14H2,1H3. The Hall–Kier alpha value is -0.940. The Labute approximate surface area is 108 Å². The molecule has 18 heavy (non-hydrogen) atoms. The SMILES string of the molecule is CCCc1nc(C2(N)CCN3CCCC3C2)no1. The first-order valence-electron chi connectivity index (χ1n) is 7.07. The van der Waals surface area contributed by atoms with Crippen LogP contribution < -0.4 is 5.73 Å². The second kappa shape index (κ2) is 4.63. The van der Waals surface area contributed by atoms with Gasteiger partial charge in [0.25, 0.3) is 0 Å². The van der Waals surface area contributed by atoms with Crippen molar-refractivity contribution in [1.29, 1.82) is 0 Å². The predicted octanol–water partition coefficient (Wildman–Crippen LogP) is 1.43. The molecule has 2 unspecified atom stereocenters. The highest BCUT2D eigenvalue weighted by atomic mass is 16.5. The van der Waals surface area contributed by atoms with Gasteiger partial charge in [0.1, 0.15) is 0 Å². The van der Waals surface area contributed by atoms with Gasteiger partial charge in [0, 0.05) is 19.0 Å². The van der Waals surface area contributed by atoms with E-state index < -0.39 is 0 Å². The molecule has 0 bridgehead atoms. The summed E-state index contributed by atoms with van der Waals surface area (Å²) in [5.74, 6) is 1.45. The predicted molar refractivity (Wildman–Crippen MR) is 68.0 cm³/mol. The smallest absolute Gasteiger partial charge is 0.226 e. The Morgan fingerprint density at radius 1 is 1.50 bits per heavy atom. The van der Waals surface area contributed by atoms with Gasteiger partial charge >= 0.3 is 0 Å². The lowest BCUT2D eigenvalue weighted by Crippen LogP contribution is -2.51. The highest BCUT2D eigenvalue weighted by Crippen LogP contribution is 2.36. The van der Waals surface area contributed by atoms with Crippen molar-refractivity contribution in [2.24, 2.45) is 5.73 Å². The van der Waals surface area contributed by atoms with Crippen LogP contribution in [0.4, 0.5) is 0 Å². The first kappa shape index (κ1) is 12.1. The minimum Gasteiger partial charge on any atom is -0.339 e. The maximum Gasteiger partial charge on any atom is 0.226 e. The van der Waals surface area contributed by atoms with Crippen LogP contribution in [0.15, 0.2) is 4.52 Å². The fourth-order valence-electron chi connectivity index (χ4n) is 3.26. The van der Waals surface area contributed by atoms with Crippen molar-refractivity contribution < 1.29 is 4.52 Å². The van der Waals surface area contributed by atoms with Crippen molar-refractivity contribution in [3.8, 4) is 0 Å². The van der Waals surface area contributed by atoms with Gasteiger partial charge in [0.2, 0.25) is 5.89 Å². The molecular weight excluding hydrogens is 228 g/mol. The molecule has 100 valence electrons. The van der Waals surface area contributed by atoms with E-state index in [2.05, 4.69) is 22.0 Å². The molecule has 5 heteroatoms. The average molecular weight is 250 g/mol. The zero-order chi connectivity index (χ0) is 12.6. The van der Waals surface area contributed by atoms with Gasteiger partial charge < -0.3 is 15.2 Å². The molecule has 3 heterocycles. The summed E-state index contributed by atoms with van der Waals surface area (Å²) in [6.07, 6.45) is 6.34. The quantitative estimate of drug-likeness (QED) is 0.879. The summed E-state index contributed by atoms with van der Waals surface area (Å²) >= 11 is 0. The maximum absolute atomic E-state index is 6.53. The summed E-state index contributed by atoms with van der Waals surface area (Å²) in [6, 6.07) is 0.622. The Bertz CT molecular complexity index is 419. The normalized spacial score (nSPS) is 32.7. The monoisotopic (exact) mass is 250 g/mol. The number of rotatable bonds is 3. The molecule has 1 aromatic heterocycles. The Morgan fingerprint density at radius 2 is 2.39 bits per heavy atom. The molecule has 2 N–H and O–H groups in total. The fraction of sp³-hybridized carbons (Fsp3) is 0.846. The van der Waals surface area contributed by atoms with E-state index in [-0.39, 0.29) is 5.54 Å². The van der Waals surface area contributed by atoms with Crippen LogP contribution in [0, 0.1) is 0 Å². The highest BCUT2D eigenvalue weighted by Gasteiger charge is 2.42. The van der Waals surface area contributed by atoms with Gasteiger partial charge in [-0.1, -0.05) is 12.1 Å². The number of nitrogens with zero attached hydrogens (tertiary/aromatic N) is 3. The molecule has 0 saturated carbocycles. The second-order valence-corrected chi connectivity index (χ2v) is 5.70. The molecule has 3 rings (SSSR count).